The number of aryl methyl sites for hydroxylation is 3. The maximum atomic E-state index is 6.15. The van der Waals surface area contributed by atoms with E-state index in [1.807, 2.05) is 81.6 Å². The van der Waals surface area contributed by atoms with Gasteiger partial charge in [-0.1, -0.05) is 42.5 Å². The lowest BCUT2D eigenvalue weighted by Gasteiger charge is -2.13. The summed E-state index contributed by atoms with van der Waals surface area (Å²) in [5, 5.41) is 1.01. The normalized spacial score (nSPS) is 10.9. The van der Waals surface area contributed by atoms with E-state index in [0.29, 0.717) is 17.4 Å². The van der Waals surface area contributed by atoms with E-state index in [1.54, 1.807) is 0 Å². The van der Waals surface area contributed by atoms with E-state index in [-0.39, 0.29) is 0 Å². The average Bonchev–Trinajstić information content (AvgIpc) is 2.66. The molecule has 0 spiro atoms. The van der Waals surface area contributed by atoms with Crippen LogP contribution in [0, 0.1) is 20.8 Å². The first-order valence-electron chi connectivity index (χ1n) is 8.56. The highest BCUT2D eigenvalue weighted by atomic mass is 16.5. The molecule has 0 saturated heterocycles. The lowest BCUT2D eigenvalue weighted by Crippen LogP contribution is -1.98. The van der Waals surface area contributed by atoms with E-state index in [9.17, 15) is 0 Å². The van der Waals surface area contributed by atoms with Crippen molar-refractivity contribution in [2.75, 3.05) is 0 Å². The van der Waals surface area contributed by atoms with Crippen LogP contribution in [0.2, 0.25) is 0 Å². The number of nitrogens with zero attached hydrogens (tertiary/aromatic N) is 3. The van der Waals surface area contributed by atoms with Gasteiger partial charge in [-0.25, -0.2) is 15.0 Å². The standard InChI is InChI=1S/C22H19N3O/c1-14-7-6-8-15(2)20(14)26-22-16(3)11-12-19(25-22)21-23-13-17-9-4-5-10-18(17)24-21/h4-13H,1-3H3. The van der Waals surface area contributed by atoms with Gasteiger partial charge in [0.2, 0.25) is 5.88 Å². The van der Waals surface area contributed by atoms with Gasteiger partial charge in [0.1, 0.15) is 11.4 Å². The minimum Gasteiger partial charge on any atom is -0.438 e. The Balaban J connectivity index is 1.76. The highest BCUT2D eigenvalue weighted by Crippen LogP contribution is 2.30. The van der Waals surface area contributed by atoms with Crippen LogP contribution in [-0.2, 0) is 0 Å². The predicted octanol–water partition coefficient (Wildman–Crippen LogP) is 5.41. The molecule has 0 fully saturated rings. The van der Waals surface area contributed by atoms with Gasteiger partial charge in [0.05, 0.1) is 5.52 Å². The molecule has 0 amide bonds. The first kappa shape index (κ1) is 16.2. The molecule has 0 N–H and O–H groups in total. The van der Waals surface area contributed by atoms with Crippen molar-refractivity contribution < 1.29 is 4.74 Å². The van der Waals surface area contributed by atoms with Crippen LogP contribution in [0.15, 0.2) is 60.8 Å². The Labute approximate surface area is 152 Å². The van der Waals surface area contributed by atoms with Crippen LogP contribution in [0.25, 0.3) is 22.4 Å². The van der Waals surface area contributed by atoms with Crippen LogP contribution in [0.5, 0.6) is 11.6 Å². The number of ether oxygens (including phenoxy) is 1. The van der Waals surface area contributed by atoms with Gasteiger partial charge >= 0.3 is 0 Å². The Bertz CT molecular complexity index is 1090. The SMILES string of the molecule is Cc1ccc(-c2ncc3ccccc3n2)nc1Oc1c(C)cccc1C. The lowest BCUT2D eigenvalue weighted by molar-refractivity contribution is 0.452. The molecule has 0 unspecified atom stereocenters. The van der Waals surface area contributed by atoms with Gasteiger partial charge in [-0.05, 0) is 44.0 Å². The zero-order chi connectivity index (χ0) is 18.1. The van der Waals surface area contributed by atoms with E-state index in [4.69, 9.17) is 4.74 Å². The van der Waals surface area contributed by atoms with Crippen molar-refractivity contribution >= 4 is 10.9 Å². The molecule has 2 heterocycles. The van der Waals surface area contributed by atoms with E-state index in [1.165, 1.54) is 0 Å². The molecule has 4 heteroatoms. The summed E-state index contributed by atoms with van der Waals surface area (Å²) in [5.41, 5.74) is 4.73. The molecule has 26 heavy (non-hydrogen) atoms. The zero-order valence-corrected chi connectivity index (χ0v) is 15.0. The van der Waals surface area contributed by atoms with Crippen LogP contribution in [0.1, 0.15) is 16.7 Å². The quantitative estimate of drug-likeness (QED) is 0.500. The Kier molecular flexibility index (Phi) is 4.09. The third kappa shape index (κ3) is 3.02. The number of hydrogen-bond donors (Lipinski definition) is 0. The maximum absolute atomic E-state index is 6.15. The fourth-order valence-corrected chi connectivity index (χ4v) is 2.89. The molecule has 0 saturated carbocycles. The summed E-state index contributed by atoms with van der Waals surface area (Å²) < 4.78 is 6.15. The summed E-state index contributed by atoms with van der Waals surface area (Å²) in [7, 11) is 0. The topological polar surface area (TPSA) is 47.9 Å². The van der Waals surface area contributed by atoms with Crippen LogP contribution in [0.4, 0.5) is 0 Å². The van der Waals surface area contributed by atoms with Crippen molar-refractivity contribution in [2.45, 2.75) is 20.8 Å². The summed E-state index contributed by atoms with van der Waals surface area (Å²) in [6, 6.07) is 17.9. The van der Waals surface area contributed by atoms with Gasteiger partial charge in [-0.2, -0.15) is 0 Å². The third-order valence-corrected chi connectivity index (χ3v) is 4.38. The van der Waals surface area contributed by atoms with Gasteiger partial charge in [0.15, 0.2) is 5.82 Å². The second kappa shape index (κ2) is 6.56. The maximum Gasteiger partial charge on any atom is 0.222 e. The zero-order valence-electron chi connectivity index (χ0n) is 15.0. The lowest BCUT2D eigenvalue weighted by atomic mass is 10.1. The number of hydrogen-bond acceptors (Lipinski definition) is 4. The smallest absolute Gasteiger partial charge is 0.222 e. The minimum absolute atomic E-state index is 0.580. The predicted molar refractivity (Wildman–Crippen MR) is 103 cm³/mol. The van der Waals surface area contributed by atoms with Crippen molar-refractivity contribution in [3.05, 3.63) is 77.5 Å². The molecular weight excluding hydrogens is 322 g/mol. The second-order valence-corrected chi connectivity index (χ2v) is 6.39. The molecular formula is C22H19N3O. The molecule has 0 aliphatic carbocycles. The number of benzene rings is 2. The first-order valence-corrected chi connectivity index (χ1v) is 8.56. The van der Waals surface area contributed by atoms with Gasteiger partial charge in [-0.15, -0.1) is 0 Å². The number of aromatic nitrogens is 3. The van der Waals surface area contributed by atoms with Crippen LogP contribution in [0.3, 0.4) is 0 Å². The summed E-state index contributed by atoms with van der Waals surface area (Å²) in [4.78, 5) is 13.8. The largest absolute Gasteiger partial charge is 0.438 e. The average molecular weight is 341 g/mol. The van der Waals surface area contributed by atoms with Crippen molar-refractivity contribution in [1.82, 2.24) is 15.0 Å². The second-order valence-electron chi connectivity index (χ2n) is 6.39. The third-order valence-electron chi connectivity index (χ3n) is 4.38. The molecule has 128 valence electrons. The van der Waals surface area contributed by atoms with E-state index >= 15 is 0 Å². The molecule has 2 aromatic carbocycles. The van der Waals surface area contributed by atoms with E-state index < -0.39 is 0 Å². The van der Waals surface area contributed by atoms with Gasteiger partial charge in [0.25, 0.3) is 0 Å². The van der Waals surface area contributed by atoms with Crippen LogP contribution >= 0.6 is 0 Å². The number of rotatable bonds is 3. The Morgan fingerprint density at radius 1 is 0.731 bits per heavy atom. The molecule has 0 aliphatic rings. The Hall–Kier alpha value is -3.27. The highest BCUT2D eigenvalue weighted by Gasteiger charge is 2.12. The molecule has 4 rings (SSSR count). The molecule has 0 bridgehead atoms. The van der Waals surface area contributed by atoms with Gasteiger partial charge in [0, 0.05) is 17.1 Å². The number of fused-ring (bicyclic) bond motifs is 1. The van der Waals surface area contributed by atoms with Crippen molar-refractivity contribution in [3.63, 3.8) is 0 Å². The van der Waals surface area contributed by atoms with Crippen LogP contribution in [-0.4, -0.2) is 15.0 Å². The van der Waals surface area contributed by atoms with Gasteiger partial charge in [-0.3, -0.25) is 0 Å². The molecule has 0 radical (unpaired) electrons. The fraction of sp³-hybridized carbons (Fsp3) is 0.136. The highest BCUT2D eigenvalue weighted by molar-refractivity contribution is 5.79. The summed E-state index contributed by atoms with van der Waals surface area (Å²) in [6.07, 6.45) is 1.82. The Morgan fingerprint density at radius 2 is 1.50 bits per heavy atom. The molecule has 2 aromatic heterocycles. The van der Waals surface area contributed by atoms with Crippen molar-refractivity contribution in [1.29, 1.82) is 0 Å². The monoisotopic (exact) mass is 341 g/mol. The van der Waals surface area contributed by atoms with Crippen molar-refractivity contribution in [3.8, 4) is 23.1 Å². The van der Waals surface area contributed by atoms with E-state index in [0.717, 1.165) is 33.3 Å². The summed E-state index contributed by atoms with van der Waals surface area (Å²) >= 11 is 0. The molecule has 0 atom stereocenters. The summed E-state index contributed by atoms with van der Waals surface area (Å²) in [6.45, 7) is 6.06. The molecule has 4 aromatic rings. The van der Waals surface area contributed by atoms with Gasteiger partial charge < -0.3 is 4.74 Å². The minimum atomic E-state index is 0.580. The summed E-state index contributed by atoms with van der Waals surface area (Å²) in [5.74, 6) is 2.02. The molecule has 0 aliphatic heterocycles. The van der Waals surface area contributed by atoms with E-state index in [2.05, 4.69) is 15.0 Å². The van der Waals surface area contributed by atoms with Crippen LogP contribution < -0.4 is 4.74 Å². The fourth-order valence-electron chi connectivity index (χ4n) is 2.89. The Morgan fingerprint density at radius 3 is 2.31 bits per heavy atom. The molecule has 4 nitrogen and oxygen atoms in total. The number of pyridine rings is 1. The first-order chi connectivity index (χ1) is 12.6. The number of para-hydroxylation sites is 2. The van der Waals surface area contributed by atoms with Crippen molar-refractivity contribution in [2.24, 2.45) is 0 Å².